The minimum Gasteiger partial charge on any atom is -0.495 e. The molecular weight excluding hydrogens is 378 g/mol. The summed E-state index contributed by atoms with van der Waals surface area (Å²) < 4.78 is 37.3. The highest BCUT2D eigenvalue weighted by Crippen LogP contribution is 2.30. The Morgan fingerprint density at radius 2 is 2.03 bits per heavy atom. The van der Waals surface area contributed by atoms with Crippen LogP contribution in [0.4, 0.5) is 14.5 Å². The van der Waals surface area contributed by atoms with Gasteiger partial charge in [0.1, 0.15) is 18.2 Å². The Morgan fingerprint density at radius 3 is 2.79 bits per heavy atom. The van der Waals surface area contributed by atoms with Gasteiger partial charge in [-0.05, 0) is 30.7 Å². The summed E-state index contributed by atoms with van der Waals surface area (Å²) in [6.45, 7) is 2.40. The monoisotopic (exact) mass is 404 g/mol. The highest BCUT2D eigenvalue weighted by molar-refractivity contribution is 5.80. The van der Waals surface area contributed by atoms with Crippen LogP contribution in [0.25, 0.3) is 0 Å². The lowest BCUT2D eigenvalue weighted by Crippen LogP contribution is -2.45. The van der Waals surface area contributed by atoms with Crippen LogP contribution in [0.3, 0.4) is 0 Å². The molecule has 0 amide bonds. The van der Waals surface area contributed by atoms with E-state index in [4.69, 9.17) is 9.47 Å². The average Bonchev–Trinajstić information content (AvgIpc) is 3.19. The number of benzene rings is 2. The molecule has 2 aromatic rings. The molecule has 1 saturated heterocycles. The van der Waals surface area contributed by atoms with Crippen molar-refractivity contribution in [3.05, 3.63) is 54.1 Å². The second kappa shape index (κ2) is 9.95. The molecule has 2 N–H and O–H groups in total. The third-order valence-corrected chi connectivity index (χ3v) is 4.72. The third kappa shape index (κ3) is 5.49. The first-order valence-corrected chi connectivity index (χ1v) is 9.53. The van der Waals surface area contributed by atoms with Gasteiger partial charge in [-0.25, -0.2) is 8.78 Å². The zero-order chi connectivity index (χ0) is 20.6. The summed E-state index contributed by atoms with van der Waals surface area (Å²) in [6.07, 6.45) is 0.968. The second-order valence-corrected chi connectivity index (χ2v) is 6.67. The van der Waals surface area contributed by atoms with Gasteiger partial charge in [0, 0.05) is 32.2 Å². The Bertz CT molecular complexity index is 847. The summed E-state index contributed by atoms with van der Waals surface area (Å²) in [4.78, 5) is 6.51. The van der Waals surface area contributed by atoms with Crippen molar-refractivity contribution in [1.82, 2.24) is 10.6 Å². The summed E-state index contributed by atoms with van der Waals surface area (Å²) >= 11 is 0. The molecular formula is C21H26F2N4O2. The predicted molar refractivity (Wildman–Crippen MR) is 110 cm³/mol. The highest BCUT2D eigenvalue weighted by Gasteiger charge is 2.25. The molecule has 1 aliphatic rings. The number of ether oxygens (including phenoxy) is 2. The van der Waals surface area contributed by atoms with Gasteiger partial charge in [-0.1, -0.05) is 12.1 Å². The van der Waals surface area contributed by atoms with Crippen LogP contribution in [0, 0.1) is 11.6 Å². The summed E-state index contributed by atoms with van der Waals surface area (Å²) in [6, 6.07) is 11.5. The van der Waals surface area contributed by atoms with Crippen LogP contribution < -0.4 is 25.0 Å². The lowest BCUT2D eigenvalue weighted by molar-refractivity contribution is 0.304. The van der Waals surface area contributed by atoms with Crippen molar-refractivity contribution in [2.24, 2.45) is 4.99 Å². The van der Waals surface area contributed by atoms with Crippen LogP contribution in [0.15, 0.2) is 47.5 Å². The van der Waals surface area contributed by atoms with Crippen LogP contribution in [0.2, 0.25) is 0 Å². The molecule has 0 bridgehead atoms. The number of nitrogens with zero attached hydrogens (tertiary/aromatic N) is 2. The molecule has 6 nitrogen and oxygen atoms in total. The van der Waals surface area contributed by atoms with Gasteiger partial charge in [0.05, 0.1) is 19.3 Å². The normalized spacial score (nSPS) is 16.6. The fraction of sp³-hybridized carbons (Fsp3) is 0.381. The molecule has 0 radical (unpaired) electrons. The molecule has 1 aliphatic heterocycles. The molecule has 0 aromatic heterocycles. The topological polar surface area (TPSA) is 58.1 Å². The smallest absolute Gasteiger partial charge is 0.191 e. The number of nitrogens with one attached hydrogen (secondary N) is 2. The SMILES string of the molecule is CN=C(NCCOc1ccc(F)cc1F)NC1CCN(c2ccccc2OC)C1. The number of guanidine groups is 1. The predicted octanol–water partition coefficient (Wildman–Crippen LogP) is 2.80. The van der Waals surface area contributed by atoms with Crippen molar-refractivity contribution in [1.29, 1.82) is 0 Å². The Balaban J connectivity index is 1.44. The molecule has 1 atom stereocenters. The zero-order valence-corrected chi connectivity index (χ0v) is 16.6. The zero-order valence-electron chi connectivity index (χ0n) is 16.6. The van der Waals surface area contributed by atoms with Crippen LogP contribution >= 0.6 is 0 Å². The van der Waals surface area contributed by atoms with Gasteiger partial charge >= 0.3 is 0 Å². The molecule has 0 saturated carbocycles. The van der Waals surface area contributed by atoms with Crippen molar-refractivity contribution in [2.75, 3.05) is 45.3 Å². The number of hydrogen-bond donors (Lipinski definition) is 2. The minimum atomic E-state index is -0.713. The summed E-state index contributed by atoms with van der Waals surface area (Å²) in [5.74, 6) is 0.200. The molecule has 1 fully saturated rings. The Hall–Kier alpha value is -3.03. The number of methoxy groups -OCH3 is 1. The molecule has 156 valence electrons. The highest BCUT2D eigenvalue weighted by atomic mass is 19.1. The van der Waals surface area contributed by atoms with Gasteiger partial charge < -0.3 is 25.0 Å². The van der Waals surface area contributed by atoms with Crippen molar-refractivity contribution < 1.29 is 18.3 Å². The molecule has 1 heterocycles. The van der Waals surface area contributed by atoms with Gasteiger partial charge in [-0.15, -0.1) is 0 Å². The van der Waals surface area contributed by atoms with E-state index < -0.39 is 11.6 Å². The molecule has 0 aliphatic carbocycles. The maximum absolute atomic E-state index is 13.6. The third-order valence-electron chi connectivity index (χ3n) is 4.72. The van der Waals surface area contributed by atoms with E-state index >= 15 is 0 Å². The number of halogens is 2. The standard InChI is InChI=1S/C21H26F2N4O2/c1-24-21(25-10-12-29-19-8-7-15(22)13-17(19)23)26-16-9-11-27(14-16)18-5-3-4-6-20(18)28-2/h3-8,13,16H,9-12,14H2,1-2H3,(H2,24,25,26). The Kier molecular flexibility index (Phi) is 7.10. The van der Waals surface area contributed by atoms with Gasteiger partial charge in [0.25, 0.3) is 0 Å². The lowest BCUT2D eigenvalue weighted by atomic mass is 10.2. The maximum atomic E-state index is 13.6. The second-order valence-electron chi connectivity index (χ2n) is 6.67. The Labute approximate surface area is 169 Å². The number of aliphatic imine (C=N–C) groups is 1. The summed E-state index contributed by atoms with van der Waals surface area (Å²) in [5, 5.41) is 6.55. The molecule has 8 heteroatoms. The van der Waals surface area contributed by atoms with E-state index in [0.29, 0.717) is 12.5 Å². The molecule has 0 spiro atoms. The van der Waals surface area contributed by atoms with Crippen LogP contribution in [0.1, 0.15) is 6.42 Å². The van der Waals surface area contributed by atoms with Gasteiger partial charge in [0.15, 0.2) is 17.5 Å². The van der Waals surface area contributed by atoms with Crippen molar-refractivity contribution >= 4 is 11.6 Å². The van der Waals surface area contributed by atoms with Crippen molar-refractivity contribution in [2.45, 2.75) is 12.5 Å². The van der Waals surface area contributed by atoms with Gasteiger partial charge in [-0.3, -0.25) is 4.99 Å². The fourth-order valence-corrected chi connectivity index (χ4v) is 3.30. The molecule has 1 unspecified atom stereocenters. The average molecular weight is 404 g/mol. The molecule has 29 heavy (non-hydrogen) atoms. The van der Waals surface area contributed by atoms with E-state index in [1.807, 2.05) is 18.2 Å². The first kappa shape index (κ1) is 20.7. The number of rotatable bonds is 7. The first-order valence-electron chi connectivity index (χ1n) is 9.53. The van der Waals surface area contributed by atoms with Crippen LogP contribution in [-0.4, -0.2) is 52.4 Å². The van der Waals surface area contributed by atoms with E-state index in [0.717, 1.165) is 37.0 Å². The van der Waals surface area contributed by atoms with E-state index in [1.54, 1.807) is 14.2 Å². The maximum Gasteiger partial charge on any atom is 0.191 e. The van der Waals surface area contributed by atoms with Gasteiger partial charge in [0.2, 0.25) is 0 Å². The molecule has 2 aromatic carbocycles. The van der Waals surface area contributed by atoms with E-state index in [9.17, 15) is 8.78 Å². The van der Waals surface area contributed by atoms with Gasteiger partial charge in [-0.2, -0.15) is 0 Å². The van der Waals surface area contributed by atoms with E-state index in [1.165, 1.54) is 12.1 Å². The quantitative estimate of drug-likeness (QED) is 0.422. The first-order chi connectivity index (χ1) is 14.1. The fourth-order valence-electron chi connectivity index (χ4n) is 3.30. The summed E-state index contributed by atoms with van der Waals surface area (Å²) in [5.41, 5.74) is 1.08. The van der Waals surface area contributed by atoms with E-state index in [2.05, 4.69) is 26.6 Å². The van der Waals surface area contributed by atoms with Crippen molar-refractivity contribution in [3.63, 3.8) is 0 Å². The minimum absolute atomic E-state index is 0.0272. The van der Waals surface area contributed by atoms with Crippen LogP contribution in [0.5, 0.6) is 11.5 Å². The van der Waals surface area contributed by atoms with Crippen LogP contribution in [-0.2, 0) is 0 Å². The van der Waals surface area contributed by atoms with E-state index in [-0.39, 0.29) is 18.4 Å². The number of anilines is 1. The van der Waals surface area contributed by atoms with Crippen molar-refractivity contribution in [3.8, 4) is 11.5 Å². The summed E-state index contributed by atoms with van der Waals surface area (Å²) in [7, 11) is 3.37. The Morgan fingerprint density at radius 1 is 1.21 bits per heavy atom. The lowest BCUT2D eigenvalue weighted by Gasteiger charge is -2.22. The largest absolute Gasteiger partial charge is 0.495 e. The number of hydrogen-bond acceptors (Lipinski definition) is 4. The number of para-hydroxylation sites is 2. The molecule has 3 rings (SSSR count).